The lowest BCUT2D eigenvalue weighted by Gasteiger charge is -2.14. The molecule has 0 saturated carbocycles. The smallest absolute Gasteiger partial charge is 0.139 e. The molecule has 0 rings (SSSR count). The third-order valence-corrected chi connectivity index (χ3v) is 1.60. The Morgan fingerprint density at radius 1 is 1.40 bits per heavy atom. The predicted octanol–water partition coefficient (Wildman–Crippen LogP) is 2.92. The van der Waals surface area contributed by atoms with Gasteiger partial charge in [0, 0.05) is 5.41 Å². The van der Waals surface area contributed by atoms with Crippen molar-refractivity contribution in [1.29, 1.82) is 0 Å². The SMILES string of the molecule is CC(=O)C(C)(C)C=C(Cl)Cl. The first-order chi connectivity index (χ1) is 4.36. The molecule has 0 aromatic rings. The van der Waals surface area contributed by atoms with Crippen LogP contribution in [-0.2, 0) is 4.79 Å². The standard InChI is InChI=1S/C7H10Cl2O/c1-5(10)7(2,3)4-6(8)9/h4H,1-3H3. The molecular formula is C7H10Cl2O. The molecule has 0 aliphatic heterocycles. The second-order valence-corrected chi connectivity index (χ2v) is 3.72. The van der Waals surface area contributed by atoms with Crippen LogP contribution in [0.4, 0.5) is 0 Å². The van der Waals surface area contributed by atoms with E-state index in [4.69, 9.17) is 23.2 Å². The van der Waals surface area contributed by atoms with Gasteiger partial charge in [-0.3, -0.25) is 4.79 Å². The Kier molecular flexibility index (Phi) is 3.40. The Morgan fingerprint density at radius 3 is 1.90 bits per heavy atom. The van der Waals surface area contributed by atoms with E-state index in [9.17, 15) is 4.79 Å². The summed E-state index contributed by atoms with van der Waals surface area (Å²) in [5.74, 6) is 0.0475. The maximum absolute atomic E-state index is 10.8. The average Bonchev–Trinajstić information content (AvgIpc) is 1.60. The monoisotopic (exact) mass is 180 g/mol. The number of hydrogen-bond donors (Lipinski definition) is 0. The Hall–Kier alpha value is -0.0100. The zero-order valence-electron chi connectivity index (χ0n) is 6.24. The van der Waals surface area contributed by atoms with Gasteiger partial charge in [-0.25, -0.2) is 0 Å². The van der Waals surface area contributed by atoms with Gasteiger partial charge in [-0.2, -0.15) is 0 Å². The Morgan fingerprint density at radius 2 is 1.80 bits per heavy atom. The van der Waals surface area contributed by atoms with Crippen LogP contribution in [0.25, 0.3) is 0 Å². The zero-order chi connectivity index (χ0) is 8.36. The van der Waals surface area contributed by atoms with E-state index in [-0.39, 0.29) is 10.3 Å². The topological polar surface area (TPSA) is 17.1 Å². The fraction of sp³-hybridized carbons (Fsp3) is 0.571. The van der Waals surface area contributed by atoms with E-state index in [0.717, 1.165) is 0 Å². The quantitative estimate of drug-likeness (QED) is 0.639. The normalized spacial score (nSPS) is 10.9. The van der Waals surface area contributed by atoms with Crippen LogP contribution in [0.3, 0.4) is 0 Å². The molecule has 0 unspecified atom stereocenters. The third kappa shape index (κ3) is 3.23. The minimum absolute atomic E-state index is 0.0475. The maximum Gasteiger partial charge on any atom is 0.139 e. The van der Waals surface area contributed by atoms with E-state index in [1.54, 1.807) is 13.8 Å². The van der Waals surface area contributed by atoms with Crippen molar-refractivity contribution in [2.24, 2.45) is 5.41 Å². The first-order valence-corrected chi connectivity index (χ1v) is 3.67. The van der Waals surface area contributed by atoms with Gasteiger partial charge in [0.05, 0.1) is 0 Å². The van der Waals surface area contributed by atoms with E-state index < -0.39 is 5.41 Å². The number of carbonyl (C=O) groups excluding carboxylic acids is 1. The molecule has 58 valence electrons. The molecule has 0 aliphatic carbocycles. The van der Waals surface area contributed by atoms with E-state index >= 15 is 0 Å². The zero-order valence-corrected chi connectivity index (χ0v) is 7.75. The van der Waals surface area contributed by atoms with E-state index in [0.29, 0.717) is 0 Å². The molecular weight excluding hydrogens is 171 g/mol. The summed E-state index contributed by atoms with van der Waals surface area (Å²) in [7, 11) is 0. The molecule has 0 amide bonds. The summed E-state index contributed by atoms with van der Waals surface area (Å²) in [5.41, 5.74) is -0.543. The number of Topliss-reactive ketones (excluding diaryl/α,β-unsaturated/α-hetero) is 1. The molecule has 0 N–H and O–H groups in total. The Labute approximate surface area is 71.0 Å². The highest BCUT2D eigenvalue weighted by Crippen LogP contribution is 2.23. The number of rotatable bonds is 2. The van der Waals surface area contributed by atoms with Crippen molar-refractivity contribution in [2.75, 3.05) is 0 Å². The summed E-state index contributed by atoms with van der Waals surface area (Å²) < 4.78 is 0.139. The minimum atomic E-state index is -0.543. The lowest BCUT2D eigenvalue weighted by molar-refractivity contribution is -0.122. The van der Waals surface area contributed by atoms with Crippen LogP contribution in [0.1, 0.15) is 20.8 Å². The van der Waals surface area contributed by atoms with Crippen molar-refractivity contribution in [3.63, 3.8) is 0 Å². The van der Waals surface area contributed by atoms with Crippen LogP contribution < -0.4 is 0 Å². The van der Waals surface area contributed by atoms with E-state index in [1.165, 1.54) is 13.0 Å². The van der Waals surface area contributed by atoms with Crippen LogP contribution in [0.5, 0.6) is 0 Å². The van der Waals surface area contributed by atoms with E-state index in [2.05, 4.69) is 0 Å². The molecule has 0 aromatic heterocycles. The average molecular weight is 181 g/mol. The number of halogens is 2. The first kappa shape index (κ1) is 9.99. The summed E-state index contributed by atoms with van der Waals surface area (Å²) in [6.45, 7) is 5.04. The molecule has 3 heteroatoms. The van der Waals surface area contributed by atoms with Crippen LogP contribution in [0.2, 0.25) is 0 Å². The molecule has 0 spiro atoms. The van der Waals surface area contributed by atoms with Crippen LogP contribution in [0, 0.1) is 5.41 Å². The number of carbonyl (C=O) groups is 1. The molecule has 0 aromatic carbocycles. The van der Waals surface area contributed by atoms with Gasteiger partial charge in [-0.1, -0.05) is 23.2 Å². The van der Waals surface area contributed by atoms with Crippen molar-refractivity contribution in [1.82, 2.24) is 0 Å². The van der Waals surface area contributed by atoms with Gasteiger partial charge in [0.25, 0.3) is 0 Å². The van der Waals surface area contributed by atoms with Crippen molar-refractivity contribution in [3.05, 3.63) is 10.6 Å². The van der Waals surface area contributed by atoms with Crippen molar-refractivity contribution < 1.29 is 4.79 Å². The van der Waals surface area contributed by atoms with Gasteiger partial charge in [-0.05, 0) is 26.8 Å². The number of hydrogen-bond acceptors (Lipinski definition) is 1. The van der Waals surface area contributed by atoms with Gasteiger partial charge >= 0.3 is 0 Å². The molecule has 1 nitrogen and oxygen atoms in total. The van der Waals surface area contributed by atoms with Crippen LogP contribution >= 0.6 is 23.2 Å². The molecule has 0 atom stereocenters. The van der Waals surface area contributed by atoms with E-state index in [1.807, 2.05) is 0 Å². The highest BCUT2D eigenvalue weighted by atomic mass is 35.5. The molecule has 0 saturated heterocycles. The Balaban J connectivity index is 4.42. The molecule has 0 heterocycles. The lowest BCUT2D eigenvalue weighted by atomic mass is 9.89. The fourth-order valence-corrected chi connectivity index (χ4v) is 0.920. The summed E-state index contributed by atoms with van der Waals surface area (Å²) in [6.07, 6.45) is 1.53. The largest absolute Gasteiger partial charge is 0.299 e. The van der Waals surface area contributed by atoms with Crippen molar-refractivity contribution >= 4 is 29.0 Å². The maximum atomic E-state index is 10.8. The number of ketones is 1. The second kappa shape index (κ2) is 3.40. The fourth-order valence-electron chi connectivity index (χ4n) is 0.374. The third-order valence-electron chi connectivity index (χ3n) is 1.38. The molecule has 10 heavy (non-hydrogen) atoms. The van der Waals surface area contributed by atoms with Gasteiger partial charge < -0.3 is 0 Å². The number of allylic oxidation sites excluding steroid dienone is 1. The van der Waals surface area contributed by atoms with Gasteiger partial charge in [0.1, 0.15) is 10.3 Å². The highest BCUT2D eigenvalue weighted by molar-refractivity contribution is 6.56. The molecule has 0 bridgehead atoms. The van der Waals surface area contributed by atoms with Gasteiger partial charge in [-0.15, -0.1) is 0 Å². The van der Waals surface area contributed by atoms with Crippen molar-refractivity contribution in [3.8, 4) is 0 Å². The van der Waals surface area contributed by atoms with Gasteiger partial charge in [0.15, 0.2) is 0 Å². The summed E-state index contributed by atoms with van der Waals surface area (Å²) in [4.78, 5) is 10.8. The highest BCUT2D eigenvalue weighted by Gasteiger charge is 2.20. The first-order valence-electron chi connectivity index (χ1n) is 2.91. The molecule has 0 radical (unpaired) electrons. The summed E-state index contributed by atoms with van der Waals surface area (Å²) in [5, 5.41) is 0. The summed E-state index contributed by atoms with van der Waals surface area (Å²) >= 11 is 10.8. The predicted molar refractivity (Wildman–Crippen MR) is 44.3 cm³/mol. The lowest BCUT2D eigenvalue weighted by Crippen LogP contribution is -2.17. The van der Waals surface area contributed by atoms with Gasteiger partial charge in [0.2, 0.25) is 0 Å². The van der Waals surface area contributed by atoms with Crippen LogP contribution in [0.15, 0.2) is 10.6 Å². The van der Waals surface area contributed by atoms with Crippen molar-refractivity contribution in [2.45, 2.75) is 20.8 Å². The second-order valence-electron chi connectivity index (χ2n) is 2.71. The Bertz CT molecular complexity index is 166. The minimum Gasteiger partial charge on any atom is -0.299 e. The molecule has 0 fully saturated rings. The van der Waals surface area contributed by atoms with Crippen LogP contribution in [-0.4, -0.2) is 5.78 Å². The molecule has 0 aliphatic rings. The summed E-state index contributed by atoms with van der Waals surface area (Å²) in [6, 6.07) is 0.